The number of imidazole rings is 1. The fraction of sp³-hybridized carbons (Fsp3) is 0.500. The molecule has 2 rings (SSSR count). The summed E-state index contributed by atoms with van der Waals surface area (Å²) < 4.78 is 3.39. The standard InChI is InChI=1S/C12H17N5O2S/c1-3-20-8-4-6-17-10(9(12(18)19)14-15-17)11-13-5-7-16(11)2/h5,7H,3-4,6,8H2,1-2H3,(H,18,19). The molecule has 0 aliphatic heterocycles. The monoisotopic (exact) mass is 295 g/mol. The van der Waals surface area contributed by atoms with Gasteiger partial charge in [0.1, 0.15) is 5.69 Å². The van der Waals surface area contributed by atoms with Crippen LogP contribution in [0.2, 0.25) is 0 Å². The van der Waals surface area contributed by atoms with E-state index in [1.807, 2.05) is 18.8 Å². The highest BCUT2D eigenvalue weighted by atomic mass is 32.2. The van der Waals surface area contributed by atoms with Crippen LogP contribution in [0.4, 0.5) is 0 Å². The molecule has 0 aliphatic rings. The summed E-state index contributed by atoms with van der Waals surface area (Å²) in [6.45, 7) is 2.75. The zero-order valence-corrected chi connectivity index (χ0v) is 12.3. The molecular weight excluding hydrogens is 278 g/mol. The summed E-state index contributed by atoms with van der Waals surface area (Å²) in [6.07, 6.45) is 4.31. The van der Waals surface area contributed by atoms with Crippen LogP contribution in [0.5, 0.6) is 0 Å². The van der Waals surface area contributed by atoms with Crippen LogP contribution in [0.25, 0.3) is 11.5 Å². The predicted octanol–water partition coefficient (Wildman–Crippen LogP) is 1.52. The molecule has 0 aliphatic carbocycles. The minimum absolute atomic E-state index is 0.0533. The number of thioether (sulfide) groups is 1. The summed E-state index contributed by atoms with van der Waals surface area (Å²) in [5.41, 5.74) is 0.411. The minimum Gasteiger partial charge on any atom is -0.476 e. The van der Waals surface area contributed by atoms with Gasteiger partial charge in [-0.1, -0.05) is 12.1 Å². The molecule has 0 saturated heterocycles. The first-order valence-corrected chi connectivity index (χ1v) is 7.52. The quantitative estimate of drug-likeness (QED) is 0.779. The highest BCUT2D eigenvalue weighted by Crippen LogP contribution is 2.20. The Morgan fingerprint density at radius 1 is 1.50 bits per heavy atom. The van der Waals surface area contributed by atoms with Gasteiger partial charge >= 0.3 is 5.97 Å². The molecule has 2 heterocycles. The van der Waals surface area contributed by atoms with Gasteiger partial charge in [-0.2, -0.15) is 11.8 Å². The van der Waals surface area contributed by atoms with Crippen molar-refractivity contribution in [3.8, 4) is 11.5 Å². The summed E-state index contributed by atoms with van der Waals surface area (Å²) in [5, 5.41) is 16.9. The lowest BCUT2D eigenvalue weighted by Crippen LogP contribution is -2.08. The van der Waals surface area contributed by atoms with Gasteiger partial charge in [-0.05, 0) is 17.9 Å². The Morgan fingerprint density at radius 2 is 2.30 bits per heavy atom. The van der Waals surface area contributed by atoms with E-state index in [9.17, 15) is 9.90 Å². The number of carboxylic acids is 1. The molecule has 20 heavy (non-hydrogen) atoms. The van der Waals surface area contributed by atoms with Gasteiger partial charge < -0.3 is 9.67 Å². The molecule has 108 valence electrons. The van der Waals surface area contributed by atoms with Crippen LogP contribution in [0, 0.1) is 0 Å². The zero-order chi connectivity index (χ0) is 14.5. The van der Waals surface area contributed by atoms with Crippen molar-refractivity contribution in [1.29, 1.82) is 0 Å². The van der Waals surface area contributed by atoms with E-state index in [4.69, 9.17) is 0 Å². The lowest BCUT2D eigenvalue weighted by molar-refractivity contribution is 0.0691. The van der Waals surface area contributed by atoms with Crippen molar-refractivity contribution in [2.24, 2.45) is 7.05 Å². The first kappa shape index (κ1) is 14.6. The van der Waals surface area contributed by atoms with Crippen LogP contribution >= 0.6 is 11.8 Å². The maximum atomic E-state index is 11.3. The number of aromatic carboxylic acids is 1. The molecule has 0 aromatic carbocycles. The summed E-state index contributed by atoms with van der Waals surface area (Å²) in [6, 6.07) is 0. The highest BCUT2D eigenvalue weighted by molar-refractivity contribution is 7.99. The van der Waals surface area contributed by atoms with Gasteiger partial charge in [-0.3, -0.25) is 0 Å². The van der Waals surface area contributed by atoms with E-state index in [0.29, 0.717) is 18.1 Å². The summed E-state index contributed by atoms with van der Waals surface area (Å²) in [5.74, 6) is 1.57. The van der Waals surface area contributed by atoms with Crippen LogP contribution in [0.3, 0.4) is 0 Å². The van der Waals surface area contributed by atoms with E-state index >= 15 is 0 Å². The smallest absolute Gasteiger partial charge is 0.358 e. The van der Waals surface area contributed by atoms with Gasteiger partial charge in [0.05, 0.1) is 0 Å². The summed E-state index contributed by atoms with van der Waals surface area (Å²) in [7, 11) is 1.82. The summed E-state index contributed by atoms with van der Waals surface area (Å²) in [4.78, 5) is 15.5. The second kappa shape index (κ2) is 6.56. The number of aromatic nitrogens is 5. The van der Waals surface area contributed by atoms with E-state index in [1.165, 1.54) is 0 Å². The molecular formula is C12H17N5O2S. The molecule has 1 N–H and O–H groups in total. The van der Waals surface area contributed by atoms with E-state index < -0.39 is 5.97 Å². The van der Waals surface area contributed by atoms with Gasteiger partial charge in [0, 0.05) is 26.0 Å². The molecule has 0 spiro atoms. The molecule has 0 fully saturated rings. The van der Waals surface area contributed by atoms with Crippen molar-refractivity contribution in [2.45, 2.75) is 19.9 Å². The van der Waals surface area contributed by atoms with Crippen molar-refractivity contribution in [3.05, 3.63) is 18.1 Å². The third-order valence-electron chi connectivity index (χ3n) is 2.83. The Hall–Kier alpha value is -1.83. The Balaban J connectivity index is 2.29. The van der Waals surface area contributed by atoms with Crippen LogP contribution in [-0.2, 0) is 13.6 Å². The van der Waals surface area contributed by atoms with E-state index in [0.717, 1.165) is 17.9 Å². The molecule has 0 bridgehead atoms. The van der Waals surface area contributed by atoms with Crippen molar-refractivity contribution in [2.75, 3.05) is 11.5 Å². The number of carboxylic acid groups (broad SMARTS) is 1. The van der Waals surface area contributed by atoms with Crippen LogP contribution in [-0.4, -0.2) is 47.1 Å². The second-order valence-corrected chi connectivity index (χ2v) is 5.62. The SMILES string of the molecule is CCSCCCn1nnc(C(=O)O)c1-c1nccn1C. The van der Waals surface area contributed by atoms with E-state index in [2.05, 4.69) is 22.2 Å². The van der Waals surface area contributed by atoms with Gasteiger partial charge in [-0.25, -0.2) is 14.5 Å². The molecule has 0 unspecified atom stereocenters. The first-order chi connectivity index (χ1) is 9.65. The molecule has 2 aromatic rings. The number of hydrogen-bond acceptors (Lipinski definition) is 5. The molecule has 0 saturated carbocycles. The summed E-state index contributed by atoms with van der Waals surface area (Å²) >= 11 is 1.85. The normalized spacial score (nSPS) is 10.9. The molecule has 2 aromatic heterocycles. The minimum atomic E-state index is -1.09. The van der Waals surface area contributed by atoms with Crippen LogP contribution in [0.15, 0.2) is 12.4 Å². The maximum Gasteiger partial charge on any atom is 0.358 e. The fourth-order valence-corrected chi connectivity index (χ4v) is 2.51. The first-order valence-electron chi connectivity index (χ1n) is 6.37. The van der Waals surface area contributed by atoms with Gasteiger partial charge in [0.15, 0.2) is 5.82 Å². The third kappa shape index (κ3) is 3.01. The van der Waals surface area contributed by atoms with Crippen molar-refractivity contribution < 1.29 is 9.90 Å². The van der Waals surface area contributed by atoms with Crippen molar-refractivity contribution in [1.82, 2.24) is 24.5 Å². The highest BCUT2D eigenvalue weighted by Gasteiger charge is 2.23. The molecule has 0 amide bonds. The van der Waals surface area contributed by atoms with E-state index in [-0.39, 0.29) is 5.69 Å². The largest absolute Gasteiger partial charge is 0.476 e. The van der Waals surface area contributed by atoms with Crippen LogP contribution in [0.1, 0.15) is 23.8 Å². The van der Waals surface area contributed by atoms with Crippen molar-refractivity contribution >= 4 is 17.7 Å². The average Bonchev–Trinajstić information content (AvgIpc) is 3.00. The Labute approximate surface area is 121 Å². The number of rotatable bonds is 7. The van der Waals surface area contributed by atoms with Gasteiger partial charge in [0.25, 0.3) is 0 Å². The zero-order valence-electron chi connectivity index (χ0n) is 11.5. The number of hydrogen-bond donors (Lipinski definition) is 1. The van der Waals surface area contributed by atoms with Gasteiger partial charge in [-0.15, -0.1) is 5.10 Å². The van der Waals surface area contributed by atoms with Crippen molar-refractivity contribution in [3.63, 3.8) is 0 Å². The number of carbonyl (C=O) groups is 1. The topological polar surface area (TPSA) is 85.8 Å². The average molecular weight is 295 g/mol. The predicted molar refractivity (Wildman–Crippen MR) is 76.8 cm³/mol. The molecule has 7 nitrogen and oxygen atoms in total. The lowest BCUT2D eigenvalue weighted by Gasteiger charge is -2.06. The third-order valence-corrected chi connectivity index (χ3v) is 3.82. The van der Waals surface area contributed by atoms with Gasteiger partial charge in [0.2, 0.25) is 5.69 Å². The Morgan fingerprint density at radius 3 is 2.90 bits per heavy atom. The van der Waals surface area contributed by atoms with E-state index in [1.54, 1.807) is 21.6 Å². The Bertz CT molecular complexity index is 592. The number of aryl methyl sites for hydroxylation is 2. The maximum absolute atomic E-state index is 11.3. The molecule has 0 atom stereocenters. The fourth-order valence-electron chi connectivity index (χ4n) is 1.89. The second-order valence-electron chi connectivity index (χ2n) is 4.23. The van der Waals surface area contributed by atoms with Crippen LogP contribution < -0.4 is 0 Å². The number of nitrogens with zero attached hydrogens (tertiary/aromatic N) is 5. The lowest BCUT2D eigenvalue weighted by atomic mass is 10.3. The molecule has 8 heteroatoms. The molecule has 0 radical (unpaired) electrons. The Kier molecular flexibility index (Phi) is 4.78.